The monoisotopic (exact) mass is 422 g/mol. The molecule has 5 N–H and O–H groups in total. The second kappa shape index (κ2) is 15.4. The van der Waals surface area contributed by atoms with Gasteiger partial charge in [-0.25, -0.2) is 19.2 Å². The summed E-state index contributed by atoms with van der Waals surface area (Å²) in [4.78, 5) is 40.7. The predicted octanol–water partition coefficient (Wildman–Crippen LogP) is 0.904. The molecule has 0 radical (unpaired) electrons. The lowest BCUT2D eigenvalue weighted by molar-refractivity contribution is -0.134. The fraction of sp³-hybridized carbons (Fsp3) is 0.300. The van der Waals surface area contributed by atoms with Gasteiger partial charge in [-0.2, -0.15) is 0 Å². The van der Waals surface area contributed by atoms with E-state index in [1.807, 2.05) is 0 Å². The molecule has 0 spiro atoms. The van der Waals surface area contributed by atoms with Crippen molar-refractivity contribution < 1.29 is 39.6 Å². The number of carbonyl (C=O) groups is 4. The Morgan fingerprint density at radius 3 is 1.70 bits per heavy atom. The first-order valence-corrected chi connectivity index (χ1v) is 8.87. The largest absolute Gasteiger partial charge is 0.478 e. The Labute approximate surface area is 173 Å². The zero-order valence-electron chi connectivity index (χ0n) is 16.5. The van der Waals surface area contributed by atoms with Crippen LogP contribution in [0.1, 0.15) is 12.5 Å². The summed E-state index contributed by atoms with van der Waals surface area (Å²) in [6.45, 7) is 6.78. The summed E-state index contributed by atoms with van der Waals surface area (Å²) in [7, 11) is 0. The Hall–Kier alpha value is -3.50. The van der Waals surface area contributed by atoms with Gasteiger partial charge in [0.2, 0.25) is 0 Å². The van der Waals surface area contributed by atoms with Gasteiger partial charge in [0.1, 0.15) is 0 Å². The first kappa shape index (κ1) is 26.5. The van der Waals surface area contributed by atoms with Crippen molar-refractivity contribution in [1.82, 2.24) is 10.2 Å². The molecule has 2 rings (SSSR count). The number of carboxylic acid groups (broad SMARTS) is 4. The fourth-order valence-corrected chi connectivity index (χ4v) is 2.28. The van der Waals surface area contributed by atoms with Gasteiger partial charge in [0.15, 0.2) is 0 Å². The van der Waals surface area contributed by atoms with Crippen molar-refractivity contribution in [3.05, 3.63) is 60.2 Å². The minimum Gasteiger partial charge on any atom is -0.478 e. The molecule has 1 unspecified atom stereocenters. The summed E-state index contributed by atoms with van der Waals surface area (Å²) >= 11 is 0. The number of hydrogen-bond acceptors (Lipinski definition) is 6. The van der Waals surface area contributed by atoms with Crippen molar-refractivity contribution >= 4 is 23.9 Å². The van der Waals surface area contributed by atoms with Gasteiger partial charge < -0.3 is 25.7 Å². The molecule has 1 atom stereocenters. The second-order valence-corrected chi connectivity index (χ2v) is 6.10. The van der Waals surface area contributed by atoms with Crippen LogP contribution in [-0.4, -0.2) is 74.9 Å². The number of nitrogens with zero attached hydrogens (tertiary/aromatic N) is 1. The van der Waals surface area contributed by atoms with E-state index >= 15 is 0 Å². The van der Waals surface area contributed by atoms with Crippen molar-refractivity contribution in [1.29, 1.82) is 0 Å². The van der Waals surface area contributed by atoms with Crippen LogP contribution in [0.5, 0.6) is 0 Å². The molecule has 1 aromatic rings. The van der Waals surface area contributed by atoms with Crippen LogP contribution in [0.15, 0.2) is 54.6 Å². The number of piperazine rings is 1. The Balaban J connectivity index is 0.000000456. The standard InChI is InChI=1S/C12H18N2.2C4H4O4/c1-11-9-14(8-7-13-11)10-12-5-3-2-4-6-12;2*5-3(6)1-2-4(7)8/h2-6,11,13H,7-10H2,1H3;2*1-2H,(H,5,6)(H,7,8). The number of nitrogens with one attached hydrogen (secondary N) is 1. The van der Waals surface area contributed by atoms with Gasteiger partial charge in [-0.15, -0.1) is 0 Å². The second-order valence-electron chi connectivity index (χ2n) is 6.10. The molecule has 1 aliphatic rings. The van der Waals surface area contributed by atoms with Gasteiger partial charge >= 0.3 is 23.9 Å². The quantitative estimate of drug-likeness (QED) is 0.416. The Kier molecular flexibility index (Phi) is 13.6. The highest BCUT2D eigenvalue weighted by Crippen LogP contribution is 2.06. The molecule has 1 saturated heterocycles. The molecule has 10 heteroatoms. The molecule has 164 valence electrons. The molecule has 0 bridgehead atoms. The van der Waals surface area contributed by atoms with Crippen molar-refractivity contribution in [3.8, 4) is 0 Å². The van der Waals surface area contributed by atoms with Gasteiger partial charge in [0.05, 0.1) is 0 Å². The maximum absolute atomic E-state index is 9.55. The van der Waals surface area contributed by atoms with Crippen LogP contribution in [0.4, 0.5) is 0 Å². The van der Waals surface area contributed by atoms with E-state index in [1.165, 1.54) is 12.1 Å². The van der Waals surface area contributed by atoms with Crippen LogP contribution in [0.2, 0.25) is 0 Å². The molecule has 1 aromatic carbocycles. The number of carboxylic acids is 4. The minimum atomic E-state index is -1.26. The van der Waals surface area contributed by atoms with Crippen molar-refractivity contribution in [2.24, 2.45) is 0 Å². The summed E-state index contributed by atoms with van der Waals surface area (Å²) in [5.41, 5.74) is 1.42. The SMILES string of the molecule is CC1CN(Cc2ccccc2)CCN1.O=C(O)C=CC(=O)O.O=C(O)C=CC(=O)O. The first-order chi connectivity index (χ1) is 14.1. The van der Waals surface area contributed by atoms with E-state index < -0.39 is 23.9 Å². The normalized spacial score (nSPS) is 16.1. The van der Waals surface area contributed by atoms with Gasteiger partial charge in [-0.05, 0) is 12.5 Å². The molecular formula is C20H26N2O8. The molecule has 1 aliphatic heterocycles. The molecular weight excluding hydrogens is 396 g/mol. The van der Waals surface area contributed by atoms with Gasteiger partial charge in [-0.1, -0.05) is 30.3 Å². The zero-order chi connectivity index (χ0) is 22.9. The lowest BCUT2D eigenvalue weighted by Gasteiger charge is -2.31. The lowest BCUT2D eigenvalue weighted by Crippen LogP contribution is -2.48. The molecule has 30 heavy (non-hydrogen) atoms. The van der Waals surface area contributed by atoms with E-state index in [1.54, 1.807) is 0 Å². The number of benzene rings is 1. The molecule has 1 fully saturated rings. The maximum atomic E-state index is 9.55. The summed E-state index contributed by atoms with van der Waals surface area (Å²) in [5, 5.41) is 34.7. The van der Waals surface area contributed by atoms with E-state index in [-0.39, 0.29) is 0 Å². The van der Waals surface area contributed by atoms with E-state index in [0.717, 1.165) is 19.6 Å². The Morgan fingerprint density at radius 1 is 0.900 bits per heavy atom. The van der Waals surface area contributed by atoms with Crippen LogP contribution in [0.3, 0.4) is 0 Å². The number of hydrogen-bond donors (Lipinski definition) is 5. The topological polar surface area (TPSA) is 164 Å². The van der Waals surface area contributed by atoms with E-state index in [0.29, 0.717) is 30.3 Å². The average molecular weight is 422 g/mol. The smallest absolute Gasteiger partial charge is 0.328 e. The number of aliphatic carboxylic acids is 4. The maximum Gasteiger partial charge on any atom is 0.328 e. The first-order valence-electron chi connectivity index (χ1n) is 8.87. The highest BCUT2D eigenvalue weighted by Gasteiger charge is 2.14. The van der Waals surface area contributed by atoms with Crippen molar-refractivity contribution in [2.75, 3.05) is 19.6 Å². The summed E-state index contributed by atoms with van der Waals surface area (Å²) in [5.74, 6) is -5.03. The Bertz CT molecular complexity index is 680. The third-order valence-electron chi connectivity index (χ3n) is 3.44. The van der Waals surface area contributed by atoms with E-state index in [9.17, 15) is 19.2 Å². The highest BCUT2D eigenvalue weighted by atomic mass is 16.4. The molecule has 0 aromatic heterocycles. The van der Waals surface area contributed by atoms with Crippen molar-refractivity contribution in [3.63, 3.8) is 0 Å². The van der Waals surface area contributed by atoms with Gasteiger partial charge in [-0.3, -0.25) is 4.90 Å². The van der Waals surface area contributed by atoms with Crippen LogP contribution < -0.4 is 5.32 Å². The van der Waals surface area contributed by atoms with Crippen molar-refractivity contribution in [2.45, 2.75) is 19.5 Å². The summed E-state index contributed by atoms with van der Waals surface area (Å²) < 4.78 is 0. The molecule has 0 aliphatic carbocycles. The predicted molar refractivity (Wildman–Crippen MR) is 108 cm³/mol. The lowest BCUT2D eigenvalue weighted by atomic mass is 10.2. The van der Waals surface area contributed by atoms with Gasteiger partial charge in [0.25, 0.3) is 0 Å². The summed E-state index contributed by atoms with van der Waals surface area (Å²) in [6.07, 6.45) is 2.23. The average Bonchev–Trinajstić information content (AvgIpc) is 2.67. The molecule has 0 amide bonds. The zero-order valence-corrected chi connectivity index (χ0v) is 16.5. The highest BCUT2D eigenvalue weighted by molar-refractivity contribution is 5.90. The van der Waals surface area contributed by atoms with Crippen LogP contribution >= 0.6 is 0 Å². The molecule has 1 heterocycles. The fourth-order valence-electron chi connectivity index (χ4n) is 2.28. The minimum absolute atomic E-state index is 0.558. The van der Waals surface area contributed by atoms with Gasteiger partial charge in [0, 0.05) is 56.5 Å². The molecule has 0 saturated carbocycles. The Morgan fingerprint density at radius 2 is 1.33 bits per heavy atom. The molecule has 10 nitrogen and oxygen atoms in total. The summed E-state index contributed by atoms with van der Waals surface area (Å²) in [6, 6.07) is 11.3. The third-order valence-corrected chi connectivity index (χ3v) is 3.44. The van der Waals surface area contributed by atoms with Crippen LogP contribution in [0, 0.1) is 0 Å². The van der Waals surface area contributed by atoms with E-state index in [2.05, 4.69) is 47.5 Å². The van der Waals surface area contributed by atoms with Crippen LogP contribution in [-0.2, 0) is 25.7 Å². The van der Waals surface area contributed by atoms with Crippen LogP contribution in [0.25, 0.3) is 0 Å². The third kappa shape index (κ3) is 16.7. The number of rotatable bonds is 6. The van der Waals surface area contributed by atoms with E-state index in [4.69, 9.17) is 20.4 Å².